The Labute approximate surface area is 632 Å². The predicted molar refractivity (Wildman–Crippen MR) is 441 cm³/mol. The first-order valence-electron chi connectivity index (χ1n) is 36.2. The van der Waals surface area contributed by atoms with Gasteiger partial charge in [-0.2, -0.15) is 0 Å². The van der Waals surface area contributed by atoms with Crippen LogP contribution in [0.2, 0.25) is 0 Å². The molecule has 0 heterocycles. The number of hydrogen-bond donors (Lipinski definition) is 0. The van der Waals surface area contributed by atoms with E-state index in [1.807, 2.05) is 97.1 Å². The molecule has 0 aromatic heterocycles. The van der Waals surface area contributed by atoms with E-state index in [0.717, 1.165) is 162 Å². The van der Waals surface area contributed by atoms with Gasteiger partial charge in [0.05, 0.1) is 56.9 Å². The molecule has 0 unspecified atom stereocenters. The Kier molecular flexibility index (Phi) is 20.8. The van der Waals surface area contributed by atoms with Crippen molar-refractivity contribution in [3.05, 3.63) is 338 Å². The highest BCUT2D eigenvalue weighted by Gasteiger charge is 2.24. The van der Waals surface area contributed by atoms with Crippen LogP contribution in [0.15, 0.2) is 315 Å². The van der Waals surface area contributed by atoms with E-state index in [-0.39, 0.29) is 0 Å². The van der Waals surface area contributed by atoms with Crippen LogP contribution in [0.4, 0.5) is 68.2 Å². The van der Waals surface area contributed by atoms with Gasteiger partial charge in [-0.15, -0.1) is 0 Å². The second-order valence-corrected chi connectivity index (χ2v) is 26.4. The van der Waals surface area contributed by atoms with Gasteiger partial charge in [-0.3, -0.25) is 0 Å². The van der Waals surface area contributed by atoms with Crippen molar-refractivity contribution in [2.75, 3.05) is 76.5 Å². The standard InChI is InChI=1S/C96H84N4O8/c1-101-85-45-29-77(30-46-85)97(78-31-47-86(102-2)48-32-78)73-21-13-65(14-22-73)93-61-70-11-12-72-64-95(67-17-25-75(26-18-67)99(81-37-53-89(105-5)54-38-81)82-39-55-90(106-6)56-40-82)71(63-96(72)68-19-27-76(28-20-68)100(83-41-57-91(107-7)58-42-83)84-43-59-92(108-8)60-44-84)10-9-69(93)62-94(70)66-15-23-74(24-16-66)98(79-33-49-87(103-3)50-34-79)80-35-51-88(104-4)52-36-80/h13-64H,9-12H2,1-8H3. The van der Waals surface area contributed by atoms with Crippen molar-refractivity contribution in [1.82, 2.24) is 0 Å². The molecule has 0 fully saturated rings. The van der Waals surface area contributed by atoms with Crippen LogP contribution in [-0.4, -0.2) is 56.9 Å². The summed E-state index contributed by atoms with van der Waals surface area (Å²) in [5.41, 5.74) is 26.4. The normalized spacial score (nSPS) is 11.6. The van der Waals surface area contributed by atoms with Gasteiger partial charge in [0.15, 0.2) is 0 Å². The average molecular weight is 1420 g/mol. The van der Waals surface area contributed by atoms with Gasteiger partial charge >= 0.3 is 0 Å². The summed E-state index contributed by atoms with van der Waals surface area (Å²) in [7, 11) is 13.6. The third kappa shape index (κ3) is 14.9. The Morgan fingerprint density at radius 2 is 0.269 bits per heavy atom. The van der Waals surface area contributed by atoms with Gasteiger partial charge in [0.1, 0.15) is 46.0 Å². The van der Waals surface area contributed by atoms with Gasteiger partial charge in [-0.05, 0) is 335 Å². The van der Waals surface area contributed by atoms with Crippen LogP contribution >= 0.6 is 0 Å². The largest absolute Gasteiger partial charge is 0.497 e. The van der Waals surface area contributed by atoms with Gasteiger partial charge in [0.2, 0.25) is 0 Å². The van der Waals surface area contributed by atoms with Crippen LogP contribution < -0.4 is 57.5 Å². The molecule has 0 saturated carbocycles. The Bertz CT molecular complexity index is 4480. The molecule has 0 amide bonds. The van der Waals surface area contributed by atoms with Crippen molar-refractivity contribution >= 4 is 68.2 Å². The molecule has 0 N–H and O–H groups in total. The highest BCUT2D eigenvalue weighted by Crippen LogP contribution is 2.46. The zero-order valence-corrected chi connectivity index (χ0v) is 61.9. The van der Waals surface area contributed by atoms with Crippen molar-refractivity contribution in [3.8, 4) is 90.5 Å². The first kappa shape index (κ1) is 70.3. The molecule has 0 radical (unpaired) electrons. The molecule has 18 rings (SSSR count). The van der Waals surface area contributed by atoms with E-state index in [4.69, 9.17) is 37.9 Å². The highest BCUT2D eigenvalue weighted by molar-refractivity contribution is 5.87. The van der Waals surface area contributed by atoms with Crippen LogP contribution in [0.1, 0.15) is 22.3 Å². The summed E-state index contributed by atoms with van der Waals surface area (Å²) < 4.78 is 45.0. The molecule has 4 aliphatic rings. The molecule has 0 aliphatic heterocycles. The third-order valence-electron chi connectivity index (χ3n) is 20.4. The van der Waals surface area contributed by atoms with Crippen LogP contribution in [0, 0.1) is 0 Å². The minimum absolute atomic E-state index is 0.735. The molecule has 14 aromatic rings. The van der Waals surface area contributed by atoms with E-state index < -0.39 is 0 Å². The lowest BCUT2D eigenvalue weighted by molar-refractivity contribution is 0.414. The molecule has 12 nitrogen and oxygen atoms in total. The topological polar surface area (TPSA) is 86.8 Å². The van der Waals surface area contributed by atoms with E-state index in [9.17, 15) is 0 Å². The lowest BCUT2D eigenvalue weighted by atomic mass is 9.82. The van der Waals surface area contributed by atoms with E-state index in [0.29, 0.717) is 0 Å². The summed E-state index contributed by atoms with van der Waals surface area (Å²) in [6.07, 6.45) is 2.94. The van der Waals surface area contributed by atoms with Gasteiger partial charge in [0.25, 0.3) is 0 Å². The fraction of sp³-hybridized carbons (Fsp3) is 0.125. The van der Waals surface area contributed by atoms with E-state index in [1.165, 1.54) is 44.5 Å². The van der Waals surface area contributed by atoms with Crippen molar-refractivity contribution in [2.45, 2.75) is 25.7 Å². The first-order valence-corrected chi connectivity index (χ1v) is 36.2. The van der Waals surface area contributed by atoms with Gasteiger partial charge < -0.3 is 57.5 Å². The highest BCUT2D eigenvalue weighted by atomic mass is 16.5. The van der Waals surface area contributed by atoms with Crippen molar-refractivity contribution in [3.63, 3.8) is 0 Å². The van der Waals surface area contributed by atoms with Crippen molar-refractivity contribution < 1.29 is 37.9 Å². The Morgan fingerprint density at radius 3 is 0.380 bits per heavy atom. The SMILES string of the molecule is COc1ccc(N(c2ccc(OC)cc2)c2ccc(-c3cc4c(-c5ccc(N(c6ccc(OC)cc6)c6ccc(OC)cc6)cc5)cc3CCc3cc(-c5ccc(N(c6ccc(OC)cc6)c6ccc(OC)cc6)cc5)c(cc3-c3ccc(N(c5ccc(OC)cc5)c5ccc(OC)cc5)cc3)CC4)cc2)cc1. The fourth-order valence-corrected chi connectivity index (χ4v) is 14.6. The van der Waals surface area contributed by atoms with E-state index >= 15 is 0 Å². The molecule has 0 atom stereocenters. The number of rotatable bonds is 24. The molecular formula is C96H84N4O8. The van der Waals surface area contributed by atoms with E-state index in [1.54, 1.807) is 56.9 Å². The molecule has 4 aliphatic carbocycles. The third-order valence-corrected chi connectivity index (χ3v) is 20.4. The van der Waals surface area contributed by atoms with Crippen molar-refractivity contribution in [2.24, 2.45) is 0 Å². The number of anilines is 12. The maximum Gasteiger partial charge on any atom is 0.119 e. The predicted octanol–water partition coefficient (Wildman–Crippen LogP) is 24.2. The summed E-state index contributed by atoms with van der Waals surface area (Å²) in [4.78, 5) is 9.09. The fourth-order valence-electron chi connectivity index (χ4n) is 14.6. The minimum Gasteiger partial charge on any atom is -0.497 e. The summed E-state index contributed by atoms with van der Waals surface area (Å²) in [5.74, 6) is 6.32. The maximum atomic E-state index is 5.63. The molecule has 14 aromatic carbocycles. The minimum atomic E-state index is 0.735. The second-order valence-electron chi connectivity index (χ2n) is 26.4. The monoisotopic (exact) mass is 1420 g/mol. The Hall–Kier alpha value is -13.3. The maximum absolute atomic E-state index is 5.63. The van der Waals surface area contributed by atoms with E-state index in [2.05, 4.69) is 238 Å². The number of nitrogens with zero attached hydrogens (tertiary/aromatic N) is 4. The zero-order chi connectivity index (χ0) is 74.0. The molecule has 0 spiro atoms. The molecule has 108 heavy (non-hydrogen) atoms. The summed E-state index contributed by atoms with van der Waals surface area (Å²) in [6, 6.07) is 112. The van der Waals surface area contributed by atoms with Gasteiger partial charge in [-0.25, -0.2) is 0 Å². The summed E-state index contributed by atoms with van der Waals surface area (Å²) >= 11 is 0. The smallest absolute Gasteiger partial charge is 0.119 e. The Morgan fingerprint density at radius 1 is 0.157 bits per heavy atom. The quantitative estimate of drug-likeness (QED) is 0.0577. The summed E-state index contributed by atoms with van der Waals surface area (Å²) in [6.45, 7) is 0. The second kappa shape index (κ2) is 32.0. The number of ether oxygens (including phenoxy) is 8. The number of benzene rings is 14. The molecule has 0 saturated heterocycles. The lowest BCUT2D eigenvalue weighted by Crippen LogP contribution is -2.10. The van der Waals surface area contributed by atoms with Gasteiger partial charge in [0, 0.05) is 68.2 Å². The average Bonchev–Trinajstić information content (AvgIpc) is 0.630. The number of methoxy groups -OCH3 is 8. The van der Waals surface area contributed by atoms with Crippen molar-refractivity contribution in [1.29, 1.82) is 0 Å². The zero-order valence-electron chi connectivity index (χ0n) is 61.9. The van der Waals surface area contributed by atoms with Crippen LogP contribution in [0.3, 0.4) is 0 Å². The number of hydrogen-bond acceptors (Lipinski definition) is 12. The van der Waals surface area contributed by atoms with Crippen LogP contribution in [0.25, 0.3) is 44.5 Å². The lowest BCUT2D eigenvalue weighted by Gasteiger charge is -2.27. The number of aryl methyl sites for hydroxylation is 4. The molecule has 536 valence electrons. The molecular weight excluding hydrogens is 1340 g/mol. The van der Waals surface area contributed by atoms with Gasteiger partial charge in [-0.1, -0.05) is 72.8 Å². The summed E-state index contributed by atoms with van der Waals surface area (Å²) in [5, 5.41) is 0. The Balaban J connectivity index is 0.875. The van der Waals surface area contributed by atoms with Crippen LogP contribution in [-0.2, 0) is 25.7 Å². The molecule has 12 heteroatoms. The first-order chi connectivity index (χ1) is 53.1. The van der Waals surface area contributed by atoms with Crippen LogP contribution in [0.5, 0.6) is 46.0 Å². The molecule has 4 bridgehead atoms.